The van der Waals surface area contributed by atoms with Crippen molar-refractivity contribution < 1.29 is 4.39 Å². The van der Waals surface area contributed by atoms with Crippen LogP contribution in [0.15, 0.2) is 78.9 Å². The van der Waals surface area contributed by atoms with Crippen LogP contribution >= 0.6 is 11.6 Å². The van der Waals surface area contributed by atoms with E-state index in [1.807, 2.05) is 66.7 Å². The minimum absolute atomic E-state index is 0.212. The lowest BCUT2D eigenvalue weighted by molar-refractivity contribution is 0.576. The van der Waals surface area contributed by atoms with E-state index in [1.54, 1.807) is 4.80 Å². The lowest BCUT2D eigenvalue weighted by Crippen LogP contribution is -2.17. The summed E-state index contributed by atoms with van der Waals surface area (Å²) < 4.78 is 13.0. The summed E-state index contributed by atoms with van der Waals surface area (Å²) in [6.45, 7) is 1.95. The van der Waals surface area contributed by atoms with Gasteiger partial charge in [-0.3, -0.25) is 0 Å². The summed E-state index contributed by atoms with van der Waals surface area (Å²) in [4.78, 5) is 1.72. The highest BCUT2D eigenvalue weighted by atomic mass is 35.5. The van der Waals surface area contributed by atoms with Gasteiger partial charge in [0.15, 0.2) is 0 Å². The molecule has 30 heavy (non-hydrogen) atoms. The Labute approximate surface area is 180 Å². The SMILES string of the molecule is Fc1ccc(CCNCc2nn(Cc3ccc(Cl)cc3)nc2-c2ccccc2)cc1. The van der Waals surface area contributed by atoms with Gasteiger partial charge in [-0.15, -0.1) is 0 Å². The first kappa shape index (κ1) is 20.3. The molecule has 6 heteroatoms. The predicted molar refractivity (Wildman–Crippen MR) is 118 cm³/mol. The molecule has 3 aromatic carbocycles. The largest absolute Gasteiger partial charge is 0.311 e. The van der Waals surface area contributed by atoms with E-state index in [2.05, 4.69) is 5.32 Å². The first-order chi connectivity index (χ1) is 14.7. The van der Waals surface area contributed by atoms with Crippen molar-refractivity contribution in [1.29, 1.82) is 0 Å². The standard InChI is InChI=1S/C24H22ClFN4/c25-21-10-6-19(7-11-21)17-30-28-23(24(29-30)20-4-2-1-3-5-20)16-27-15-14-18-8-12-22(26)13-9-18/h1-13,27H,14-17H2. The Morgan fingerprint density at radius 3 is 2.27 bits per heavy atom. The average Bonchev–Trinajstić information content (AvgIpc) is 3.17. The third-order valence-corrected chi connectivity index (χ3v) is 5.06. The Bertz CT molecular complexity index is 1080. The zero-order chi connectivity index (χ0) is 20.8. The molecule has 1 N–H and O–H groups in total. The van der Waals surface area contributed by atoms with Crippen molar-refractivity contribution in [3.63, 3.8) is 0 Å². The van der Waals surface area contributed by atoms with Crippen LogP contribution in [0.25, 0.3) is 11.3 Å². The molecule has 0 unspecified atom stereocenters. The van der Waals surface area contributed by atoms with Gasteiger partial charge in [0.05, 0.1) is 6.54 Å². The third kappa shape index (κ3) is 5.32. The number of hydrogen-bond acceptors (Lipinski definition) is 3. The van der Waals surface area contributed by atoms with E-state index in [1.165, 1.54) is 12.1 Å². The molecule has 0 bridgehead atoms. The molecular weight excluding hydrogens is 399 g/mol. The van der Waals surface area contributed by atoms with Crippen LogP contribution in [0.4, 0.5) is 4.39 Å². The first-order valence-electron chi connectivity index (χ1n) is 9.86. The molecule has 4 aromatic rings. The second kappa shape index (κ2) is 9.65. The minimum Gasteiger partial charge on any atom is -0.311 e. The lowest BCUT2D eigenvalue weighted by Gasteiger charge is -2.05. The fourth-order valence-electron chi connectivity index (χ4n) is 3.24. The Morgan fingerprint density at radius 2 is 1.53 bits per heavy atom. The zero-order valence-electron chi connectivity index (χ0n) is 16.4. The molecule has 1 aromatic heterocycles. The van der Waals surface area contributed by atoms with E-state index in [4.69, 9.17) is 21.8 Å². The summed E-state index contributed by atoms with van der Waals surface area (Å²) in [5, 5.41) is 13.6. The highest BCUT2D eigenvalue weighted by Gasteiger charge is 2.13. The summed E-state index contributed by atoms with van der Waals surface area (Å²) in [6.07, 6.45) is 0.819. The van der Waals surface area contributed by atoms with E-state index in [-0.39, 0.29) is 5.82 Å². The van der Waals surface area contributed by atoms with Gasteiger partial charge in [-0.05, 0) is 48.4 Å². The number of rotatable bonds is 8. The molecular formula is C24H22ClFN4. The van der Waals surface area contributed by atoms with E-state index in [9.17, 15) is 4.39 Å². The molecule has 4 rings (SSSR count). The Kier molecular flexibility index (Phi) is 6.52. The Hall–Kier alpha value is -3.02. The van der Waals surface area contributed by atoms with Gasteiger partial charge in [0.2, 0.25) is 0 Å². The van der Waals surface area contributed by atoms with Gasteiger partial charge in [-0.1, -0.05) is 66.2 Å². The van der Waals surface area contributed by atoms with E-state index < -0.39 is 0 Å². The fourth-order valence-corrected chi connectivity index (χ4v) is 3.36. The van der Waals surface area contributed by atoms with Gasteiger partial charge in [-0.2, -0.15) is 15.0 Å². The number of benzene rings is 3. The van der Waals surface area contributed by atoms with Crippen LogP contribution in [-0.2, 0) is 19.5 Å². The van der Waals surface area contributed by atoms with Gasteiger partial charge >= 0.3 is 0 Å². The maximum atomic E-state index is 13.0. The summed E-state index contributed by atoms with van der Waals surface area (Å²) in [5.41, 5.74) is 4.99. The van der Waals surface area contributed by atoms with E-state index in [0.29, 0.717) is 18.1 Å². The maximum absolute atomic E-state index is 13.0. The van der Waals surface area contributed by atoms with Crippen LogP contribution in [0.3, 0.4) is 0 Å². The topological polar surface area (TPSA) is 42.7 Å². The molecule has 0 radical (unpaired) electrons. The fraction of sp³-hybridized carbons (Fsp3) is 0.167. The summed E-state index contributed by atoms with van der Waals surface area (Å²) in [7, 11) is 0. The monoisotopic (exact) mass is 420 g/mol. The predicted octanol–water partition coefficient (Wildman–Crippen LogP) is 5.12. The number of halogens is 2. The molecule has 0 aliphatic rings. The van der Waals surface area contributed by atoms with Gasteiger partial charge in [0.25, 0.3) is 0 Å². The molecule has 0 aliphatic heterocycles. The van der Waals surface area contributed by atoms with E-state index >= 15 is 0 Å². The summed E-state index contributed by atoms with van der Waals surface area (Å²) in [5.74, 6) is -0.212. The summed E-state index contributed by atoms with van der Waals surface area (Å²) >= 11 is 5.98. The first-order valence-corrected chi connectivity index (χ1v) is 10.2. The maximum Gasteiger partial charge on any atom is 0.123 e. The molecule has 0 amide bonds. The Balaban J connectivity index is 1.46. The van der Waals surface area contributed by atoms with Crippen molar-refractivity contribution in [2.45, 2.75) is 19.5 Å². The van der Waals surface area contributed by atoms with Crippen molar-refractivity contribution in [3.05, 3.63) is 107 Å². The van der Waals surface area contributed by atoms with Gasteiger partial charge in [0.1, 0.15) is 17.2 Å². The summed E-state index contributed by atoms with van der Waals surface area (Å²) in [6, 6.07) is 24.4. The molecule has 0 aliphatic carbocycles. The number of hydrogen-bond donors (Lipinski definition) is 1. The van der Waals surface area contributed by atoms with Crippen LogP contribution in [0.5, 0.6) is 0 Å². The van der Waals surface area contributed by atoms with Crippen LogP contribution in [-0.4, -0.2) is 21.5 Å². The highest BCUT2D eigenvalue weighted by molar-refractivity contribution is 6.30. The van der Waals surface area contributed by atoms with Crippen LogP contribution in [0.1, 0.15) is 16.8 Å². The quantitative estimate of drug-likeness (QED) is 0.402. The number of nitrogens with one attached hydrogen (secondary N) is 1. The van der Waals surface area contributed by atoms with Crippen molar-refractivity contribution >= 4 is 11.6 Å². The second-order valence-electron chi connectivity index (χ2n) is 7.07. The number of aromatic nitrogens is 3. The second-order valence-corrected chi connectivity index (χ2v) is 7.51. The average molecular weight is 421 g/mol. The van der Waals surface area contributed by atoms with Gasteiger partial charge < -0.3 is 5.32 Å². The van der Waals surface area contributed by atoms with Crippen LogP contribution in [0, 0.1) is 5.82 Å². The normalized spacial score (nSPS) is 11.0. The molecule has 4 nitrogen and oxygen atoms in total. The molecule has 0 atom stereocenters. The molecule has 0 saturated heterocycles. The van der Waals surface area contributed by atoms with Crippen molar-refractivity contribution in [2.75, 3.05) is 6.54 Å². The van der Waals surface area contributed by atoms with Crippen LogP contribution < -0.4 is 5.32 Å². The number of nitrogens with zero attached hydrogens (tertiary/aromatic N) is 3. The van der Waals surface area contributed by atoms with Crippen LogP contribution in [0.2, 0.25) is 5.02 Å². The smallest absolute Gasteiger partial charge is 0.123 e. The van der Waals surface area contributed by atoms with Crippen molar-refractivity contribution in [2.24, 2.45) is 0 Å². The van der Waals surface area contributed by atoms with Gasteiger partial charge in [-0.25, -0.2) is 4.39 Å². The van der Waals surface area contributed by atoms with Crippen molar-refractivity contribution in [3.8, 4) is 11.3 Å². The highest BCUT2D eigenvalue weighted by Crippen LogP contribution is 2.20. The van der Waals surface area contributed by atoms with E-state index in [0.717, 1.165) is 41.0 Å². The third-order valence-electron chi connectivity index (χ3n) is 4.81. The minimum atomic E-state index is -0.212. The van der Waals surface area contributed by atoms with Gasteiger partial charge in [0, 0.05) is 17.1 Å². The molecule has 0 fully saturated rings. The molecule has 0 saturated carbocycles. The zero-order valence-corrected chi connectivity index (χ0v) is 17.2. The molecule has 152 valence electrons. The molecule has 1 heterocycles. The Morgan fingerprint density at radius 1 is 0.833 bits per heavy atom. The molecule has 0 spiro atoms. The van der Waals surface area contributed by atoms with Crippen molar-refractivity contribution in [1.82, 2.24) is 20.3 Å². The lowest BCUT2D eigenvalue weighted by atomic mass is 10.1.